The van der Waals surface area contributed by atoms with Gasteiger partial charge in [-0.05, 0) is 49.9 Å². The molecule has 0 atom stereocenters. The van der Waals surface area contributed by atoms with Gasteiger partial charge >= 0.3 is 0 Å². The van der Waals surface area contributed by atoms with E-state index in [1.807, 2.05) is 44.3 Å². The van der Waals surface area contributed by atoms with Crippen molar-refractivity contribution in [2.45, 2.75) is 26.7 Å². The van der Waals surface area contributed by atoms with E-state index in [1.165, 1.54) is 11.1 Å². The molecule has 0 radical (unpaired) electrons. The molecule has 5 nitrogen and oxygen atoms in total. The van der Waals surface area contributed by atoms with Crippen molar-refractivity contribution in [3.63, 3.8) is 0 Å². The van der Waals surface area contributed by atoms with Gasteiger partial charge in [-0.2, -0.15) is 5.10 Å². The summed E-state index contributed by atoms with van der Waals surface area (Å²) in [6.07, 6.45) is 3.79. The van der Waals surface area contributed by atoms with E-state index in [1.54, 1.807) is 0 Å². The first-order valence-electron chi connectivity index (χ1n) is 6.77. The summed E-state index contributed by atoms with van der Waals surface area (Å²) >= 11 is 0. The van der Waals surface area contributed by atoms with E-state index in [0.717, 1.165) is 24.2 Å². The lowest BCUT2D eigenvalue weighted by Gasteiger charge is -2.06. The molecule has 0 amide bonds. The van der Waals surface area contributed by atoms with E-state index in [4.69, 9.17) is 5.73 Å². The van der Waals surface area contributed by atoms with Crippen LogP contribution in [0, 0.1) is 13.8 Å². The average Bonchev–Trinajstić information content (AvgIpc) is 2.80. The maximum Gasteiger partial charge on any atom is 0.193 e. The van der Waals surface area contributed by atoms with Crippen LogP contribution in [0.4, 0.5) is 5.69 Å². The standard InChI is InChI=1S/C15H21N5/c1-11-5-3-7-14(9-11)19-15(16)17-8-4-6-13-10-18-20-12(13)2/h3,5,7,9-10H,4,6,8H2,1-2H3,(H,18,20)(H3,16,17,19). The third-order valence-corrected chi connectivity index (χ3v) is 3.11. The number of rotatable bonds is 5. The van der Waals surface area contributed by atoms with Gasteiger partial charge in [-0.25, -0.2) is 0 Å². The van der Waals surface area contributed by atoms with Crippen molar-refractivity contribution in [2.75, 3.05) is 11.9 Å². The predicted molar refractivity (Wildman–Crippen MR) is 82.9 cm³/mol. The zero-order valence-electron chi connectivity index (χ0n) is 12.0. The highest BCUT2D eigenvalue weighted by molar-refractivity contribution is 5.92. The Bertz CT molecular complexity index is 585. The fourth-order valence-corrected chi connectivity index (χ4v) is 2.01. The van der Waals surface area contributed by atoms with Gasteiger partial charge in [-0.3, -0.25) is 10.1 Å². The Morgan fingerprint density at radius 3 is 2.95 bits per heavy atom. The highest BCUT2D eigenvalue weighted by Crippen LogP contribution is 2.09. The van der Waals surface area contributed by atoms with E-state index in [2.05, 4.69) is 20.5 Å². The minimum absolute atomic E-state index is 0.458. The van der Waals surface area contributed by atoms with Crippen molar-refractivity contribution in [1.82, 2.24) is 10.2 Å². The van der Waals surface area contributed by atoms with Crippen LogP contribution in [-0.4, -0.2) is 22.7 Å². The van der Waals surface area contributed by atoms with Crippen molar-refractivity contribution in [3.05, 3.63) is 47.3 Å². The Hall–Kier alpha value is -2.30. The Morgan fingerprint density at radius 1 is 1.40 bits per heavy atom. The number of nitrogens with zero attached hydrogens (tertiary/aromatic N) is 2. The number of hydrogen-bond acceptors (Lipinski definition) is 2. The zero-order valence-corrected chi connectivity index (χ0v) is 12.0. The number of hydrogen-bond donors (Lipinski definition) is 3. The van der Waals surface area contributed by atoms with Gasteiger partial charge < -0.3 is 11.1 Å². The molecule has 0 unspecified atom stereocenters. The lowest BCUT2D eigenvalue weighted by atomic mass is 10.1. The molecule has 0 aliphatic heterocycles. The second-order valence-electron chi connectivity index (χ2n) is 4.89. The van der Waals surface area contributed by atoms with Gasteiger partial charge in [-0.15, -0.1) is 0 Å². The molecule has 0 fully saturated rings. The molecule has 4 N–H and O–H groups in total. The number of guanidine groups is 1. The van der Waals surface area contributed by atoms with Crippen molar-refractivity contribution in [2.24, 2.45) is 10.7 Å². The highest BCUT2D eigenvalue weighted by Gasteiger charge is 1.99. The lowest BCUT2D eigenvalue weighted by Crippen LogP contribution is -2.22. The second-order valence-corrected chi connectivity index (χ2v) is 4.89. The molecule has 1 aromatic carbocycles. The van der Waals surface area contributed by atoms with E-state index in [0.29, 0.717) is 12.5 Å². The molecule has 1 heterocycles. The monoisotopic (exact) mass is 271 g/mol. The number of nitrogens with two attached hydrogens (primary N) is 1. The first-order chi connectivity index (χ1) is 9.65. The average molecular weight is 271 g/mol. The summed E-state index contributed by atoms with van der Waals surface area (Å²) in [4.78, 5) is 4.33. The van der Waals surface area contributed by atoms with Gasteiger partial charge in [0.1, 0.15) is 0 Å². The third kappa shape index (κ3) is 4.12. The van der Waals surface area contributed by atoms with Crippen LogP contribution < -0.4 is 11.1 Å². The molecule has 2 aromatic rings. The van der Waals surface area contributed by atoms with E-state index in [9.17, 15) is 0 Å². The summed E-state index contributed by atoms with van der Waals surface area (Å²) in [6, 6.07) is 8.06. The summed E-state index contributed by atoms with van der Waals surface area (Å²) in [5.41, 5.74) is 10.4. The largest absolute Gasteiger partial charge is 0.370 e. The quantitative estimate of drug-likeness (QED) is 0.444. The molecule has 0 saturated carbocycles. The van der Waals surface area contributed by atoms with Crippen LogP contribution in [0.3, 0.4) is 0 Å². The molecule has 0 aliphatic rings. The van der Waals surface area contributed by atoms with Gasteiger partial charge in [0.25, 0.3) is 0 Å². The Balaban J connectivity index is 1.78. The van der Waals surface area contributed by atoms with Gasteiger partial charge in [0.05, 0.1) is 6.20 Å². The van der Waals surface area contributed by atoms with Gasteiger partial charge in [0.2, 0.25) is 0 Å². The predicted octanol–water partition coefficient (Wildman–Crippen LogP) is 2.39. The molecular weight excluding hydrogens is 250 g/mol. The number of H-pyrrole nitrogens is 1. The van der Waals surface area contributed by atoms with Crippen LogP contribution in [0.2, 0.25) is 0 Å². The SMILES string of the molecule is Cc1cccc(NC(N)=NCCCc2cn[nH]c2C)c1. The molecule has 106 valence electrons. The van der Waals surface area contributed by atoms with Crippen LogP contribution in [0.5, 0.6) is 0 Å². The number of aromatic nitrogens is 2. The fraction of sp³-hybridized carbons (Fsp3) is 0.333. The van der Waals surface area contributed by atoms with Crippen molar-refractivity contribution in [1.29, 1.82) is 0 Å². The van der Waals surface area contributed by atoms with Crippen LogP contribution in [-0.2, 0) is 6.42 Å². The van der Waals surface area contributed by atoms with Crippen molar-refractivity contribution < 1.29 is 0 Å². The Morgan fingerprint density at radius 2 is 2.25 bits per heavy atom. The number of benzene rings is 1. The molecule has 0 aliphatic carbocycles. The smallest absolute Gasteiger partial charge is 0.193 e. The highest BCUT2D eigenvalue weighted by atomic mass is 15.1. The number of aromatic amines is 1. The maximum atomic E-state index is 5.87. The molecule has 0 spiro atoms. The van der Waals surface area contributed by atoms with Gasteiger partial charge in [0, 0.05) is 17.9 Å². The topological polar surface area (TPSA) is 79.1 Å². The Labute approximate surface area is 119 Å². The maximum absolute atomic E-state index is 5.87. The Kier molecular flexibility index (Phi) is 4.76. The first kappa shape index (κ1) is 14.1. The van der Waals surface area contributed by atoms with E-state index in [-0.39, 0.29) is 0 Å². The number of anilines is 1. The summed E-state index contributed by atoms with van der Waals surface area (Å²) in [6.45, 7) is 4.78. The third-order valence-electron chi connectivity index (χ3n) is 3.11. The zero-order chi connectivity index (χ0) is 14.4. The minimum Gasteiger partial charge on any atom is -0.370 e. The summed E-state index contributed by atoms with van der Waals surface area (Å²) < 4.78 is 0. The number of aryl methyl sites for hydroxylation is 3. The molecule has 0 bridgehead atoms. The molecule has 0 saturated heterocycles. The van der Waals surface area contributed by atoms with Gasteiger partial charge in [0.15, 0.2) is 5.96 Å². The summed E-state index contributed by atoms with van der Waals surface area (Å²) in [5, 5.41) is 10.0. The molecule has 2 rings (SSSR count). The van der Waals surface area contributed by atoms with Gasteiger partial charge in [-0.1, -0.05) is 12.1 Å². The summed E-state index contributed by atoms with van der Waals surface area (Å²) in [5.74, 6) is 0.458. The van der Waals surface area contributed by atoms with E-state index >= 15 is 0 Å². The van der Waals surface area contributed by atoms with Crippen LogP contribution in [0.25, 0.3) is 0 Å². The molecule has 20 heavy (non-hydrogen) atoms. The molecule has 1 aromatic heterocycles. The van der Waals surface area contributed by atoms with Crippen LogP contribution >= 0.6 is 0 Å². The van der Waals surface area contributed by atoms with Crippen LogP contribution in [0.15, 0.2) is 35.5 Å². The fourth-order valence-electron chi connectivity index (χ4n) is 2.01. The second kappa shape index (κ2) is 6.75. The van der Waals surface area contributed by atoms with Crippen molar-refractivity contribution >= 4 is 11.6 Å². The minimum atomic E-state index is 0.458. The normalized spacial score (nSPS) is 11.6. The molecular formula is C15H21N5. The lowest BCUT2D eigenvalue weighted by molar-refractivity contribution is 0.828. The summed E-state index contributed by atoms with van der Waals surface area (Å²) in [7, 11) is 0. The number of aliphatic imine (C=N–C) groups is 1. The first-order valence-corrected chi connectivity index (χ1v) is 6.77. The number of nitrogens with one attached hydrogen (secondary N) is 2. The van der Waals surface area contributed by atoms with Crippen LogP contribution in [0.1, 0.15) is 23.2 Å². The molecule has 5 heteroatoms. The van der Waals surface area contributed by atoms with E-state index < -0.39 is 0 Å². The van der Waals surface area contributed by atoms with Crippen molar-refractivity contribution in [3.8, 4) is 0 Å².